The van der Waals surface area contributed by atoms with Crippen LogP contribution in [-0.2, 0) is 9.59 Å². The van der Waals surface area contributed by atoms with Gasteiger partial charge in [0.05, 0.1) is 0 Å². The van der Waals surface area contributed by atoms with Crippen LogP contribution >= 0.6 is 0 Å². The van der Waals surface area contributed by atoms with Gasteiger partial charge in [0.1, 0.15) is 6.04 Å². The number of nitrogens with two attached hydrogens (primary N) is 2. The van der Waals surface area contributed by atoms with Gasteiger partial charge in [-0.1, -0.05) is 6.92 Å². The number of carbonyl (C=O) groups excluding carboxylic acids is 2. The van der Waals surface area contributed by atoms with E-state index < -0.39 is 23.9 Å². The largest absolute Gasteiger partial charge is 0.465 e. The summed E-state index contributed by atoms with van der Waals surface area (Å²) in [5.74, 6) is -1.27. The highest BCUT2D eigenvalue weighted by Crippen LogP contribution is 2.04. The molecule has 0 unspecified atom stereocenters. The Kier molecular flexibility index (Phi) is 6.73. The van der Waals surface area contributed by atoms with Crippen molar-refractivity contribution in [3.8, 4) is 0 Å². The molecule has 0 heterocycles. The van der Waals surface area contributed by atoms with Gasteiger partial charge < -0.3 is 27.2 Å². The maximum Gasteiger partial charge on any atom is 0.404 e. The van der Waals surface area contributed by atoms with Crippen LogP contribution < -0.4 is 22.1 Å². The first kappa shape index (κ1) is 16.2. The van der Waals surface area contributed by atoms with Gasteiger partial charge in [-0.25, -0.2) is 4.79 Å². The lowest BCUT2D eigenvalue weighted by Crippen LogP contribution is -2.50. The number of hydrogen-bond acceptors (Lipinski definition) is 4. The van der Waals surface area contributed by atoms with E-state index in [2.05, 4.69) is 5.32 Å². The topological polar surface area (TPSA) is 148 Å². The third-order valence-electron chi connectivity index (χ3n) is 2.39. The second-order valence-corrected chi connectivity index (χ2v) is 4.24. The molecule has 0 saturated heterocycles. The van der Waals surface area contributed by atoms with Gasteiger partial charge >= 0.3 is 6.09 Å². The van der Waals surface area contributed by atoms with Crippen molar-refractivity contribution < 1.29 is 19.5 Å². The standard InChI is InChI=1S/C10H20N4O4/c1-5(8(12)15)3-6(2)14-9(16)7(11)4-13-10(17)18/h5-7,13H,3-4,11H2,1-2H3,(H2,12,15)(H,14,16)(H,17,18)/t5-,6-,7-/m0/s1. The Bertz CT molecular complexity index is 321. The Morgan fingerprint density at radius 2 is 1.83 bits per heavy atom. The van der Waals surface area contributed by atoms with Crippen molar-refractivity contribution in [2.45, 2.75) is 32.4 Å². The lowest BCUT2D eigenvalue weighted by atomic mass is 10.0. The lowest BCUT2D eigenvalue weighted by Gasteiger charge is -2.19. The first-order chi connectivity index (χ1) is 8.23. The zero-order valence-corrected chi connectivity index (χ0v) is 10.5. The van der Waals surface area contributed by atoms with Crippen molar-refractivity contribution in [1.82, 2.24) is 10.6 Å². The van der Waals surface area contributed by atoms with Crippen LogP contribution in [0.5, 0.6) is 0 Å². The second-order valence-electron chi connectivity index (χ2n) is 4.24. The monoisotopic (exact) mass is 260 g/mol. The molecule has 0 aromatic heterocycles. The average Bonchev–Trinajstić information content (AvgIpc) is 2.24. The van der Waals surface area contributed by atoms with Crippen molar-refractivity contribution >= 4 is 17.9 Å². The van der Waals surface area contributed by atoms with Crippen LogP contribution in [0.3, 0.4) is 0 Å². The normalized spacial score (nSPS) is 15.3. The molecule has 0 spiro atoms. The number of carboxylic acid groups (broad SMARTS) is 1. The molecule has 8 nitrogen and oxygen atoms in total. The molecule has 3 amide bonds. The number of hydrogen-bond donors (Lipinski definition) is 5. The highest BCUT2D eigenvalue weighted by Gasteiger charge is 2.19. The fourth-order valence-corrected chi connectivity index (χ4v) is 1.35. The van der Waals surface area contributed by atoms with E-state index in [0.717, 1.165) is 0 Å². The van der Waals surface area contributed by atoms with E-state index in [0.29, 0.717) is 6.42 Å². The third kappa shape index (κ3) is 6.69. The molecule has 0 fully saturated rings. The van der Waals surface area contributed by atoms with E-state index in [1.165, 1.54) is 0 Å². The van der Waals surface area contributed by atoms with Crippen molar-refractivity contribution in [1.29, 1.82) is 0 Å². The van der Waals surface area contributed by atoms with Gasteiger partial charge in [0.25, 0.3) is 0 Å². The molecule has 3 atom stereocenters. The highest BCUT2D eigenvalue weighted by molar-refractivity contribution is 5.82. The Hall–Kier alpha value is -1.83. The minimum atomic E-state index is -1.24. The predicted octanol–water partition coefficient (Wildman–Crippen LogP) is -1.40. The van der Waals surface area contributed by atoms with Gasteiger partial charge in [0, 0.05) is 18.5 Å². The summed E-state index contributed by atoms with van der Waals surface area (Å²) in [5, 5.41) is 13.0. The van der Waals surface area contributed by atoms with E-state index in [9.17, 15) is 14.4 Å². The van der Waals surface area contributed by atoms with Crippen LogP contribution in [0.1, 0.15) is 20.3 Å². The van der Waals surface area contributed by atoms with E-state index in [1.807, 2.05) is 5.32 Å². The fourth-order valence-electron chi connectivity index (χ4n) is 1.35. The number of primary amides is 1. The number of nitrogens with one attached hydrogen (secondary N) is 2. The molecule has 7 N–H and O–H groups in total. The summed E-state index contributed by atoms with van der Waals surface area (Å²) in [6.07, 6.45) is -0.839. The summed E-state index contributed by atoms with van der Waals surface area (Å²) in [4.78, 5) is 32.6. The van der Waals surface area contributed by atoms with Crippen LogP contribution in [0.2, 0.25) is 0 Å². The molecule has 0 bridgehead atoms. The molecule has 104 valence electrons. The maximum absolute atomic E-state index is 11.5. The molecule has 0 aliphatic heterocycles. The summed E-state index contributed by atoms with van der Waals surface area (Å²) in [7, 11) is 0. The molecule has 0 aromatic carbocycles. The smallest absolute Gasteiger partial charge is 0.404 e. The first-order valence-corrected chi connectivity index (χ1v) is 5.56. The number of carbonyl (C=O) groups is 3. The van der Waals surface area contributed by atoms with Crippen molar-refractivity contribution in [3.63, 3.8) is 0 Å². The molecule has 18 heavy (non-hydrogen) atoms. The first-order valence-electron chi connectivity index (χ1n) is 5.56. The zero-order valence-electron chi connectivity index (χ0n) is 10.5. The van der Waals surface area contributed by atoms with Crippen LogP contribution in [0.4, 0.5) is 4.79 Å². The minimum absolute atomic E-state index is 0.167. The van der Waals surface area contributed by atoms with Gasteiger partial charge in [0.2, 0.25) is 11.8 Å². The third-order valence-corrected chi connectivity index (χ3v) is 2.39. The Morgan fingerprint density at radius 3 is 2.28 bits per heavy atom. The van der Waals surface area contributed by atoms with Crippen molar-refractivity contribution in [2.75, 3.05) is 6.54 Å². The molecular formula is C10H20N4O4. The predicted molar refractivity (Wildman–Crippen MR) is 64.6 cm³/mol. The van der Waals surface area contributed by atoms with Gasteiger partial charge in [-0.05, 0) is 13.3 Å². The van der Waals surface area contributed by atoms with Crippen molar-refractivity contribution in [2.24, 2.45) is 17.4 Å². The number of amides is 3. The SMILES string of the molecule is C[C@@H](C[C@H](C)C(N)=O)NC(=O)[C@@H](N)CNC(=O)O. The summed E-state index contributed by atoms with van der Waals surface area (Å²) in [6.45, 7) is 3.21. The summed E-state index contributed by atoms with van der Waals surface area (Å²) in [5.41, 5.74) is 10.6. The fraction of sp³-hybridized carbons (Fsp3) is 0.700. The quantitative estimate of drug-likeness (QED) is 0.381. The Labute approximate surface area is 105 Å². The summed E-state index contributed by atoms with van der Waals surface area (Å²) < 4.78 is 0. The summed E-state index contributed by atoms with van der Waals surface area (Å²) >= 11 is 0. The van der Waals surface area contributed by atoms with E-state index in [4.69, 9.17) is 16.6 Å². The highest BCUT2D eigenvalue weighted by atomic mass is 16.4. The van der Waals surface area contributed by atoms with Gasteiger partial charge in [0.15, 0.2) is 0 Å². The van der Waals surface area contributed by atoms with E-state index >= 15 is 0 Å². The van der Waals surface area contributed by atoms with Crippen LogP contribution in [0.15, 0.2) is 0 Å². The molecule has 0 aliphatic rings. The second kappa shape index (κ2) is 7.49. The lowest BCUT2D eigenvalue weighted by molar-refractivity contribution is -0.124. The Balaban J connectivity index is 4.06. The van der Waals surface area contributed by atoms with Gasteiger partial charge in [-0.15, -0.1) is 0 Å². The molecular weight excluding hydrogens is 240 g/mol. The maximum atomic E-state index is 11.5. The minimum Gasteiger partial charge on any atom is -0.465 e. The van der Waals surface area contributed by atoms with Crippen LogP contribution in [0, 0.1) is 5.92 Å². The Morgan fingerprint density at radius 1 is 1.28 bits per heavy atom. The van der Waals surface area contributed by atoms with E-state index in [1.54, 1.807) is 13.8 Å². The number of rotatable bonds is 7. The van der Waals surface area contributed by atoms with E-state index in [-0.39, 0.29) is 18.5 Å². The molecule has 8 heteroatoms. The van der Waals surface area contributed by atoms with Crippen molar-refractivity contribution in [3.05, 3.63) is 0 Å². The summed E-state index contributed by atoms with van der Waals surface area (Å²) in [6, 6.07) is -1.23. The van der Waals surface area contributed by atoms with Crippen LogP contribution in [0.25, 0.3) is 0 Å². The molecule has 0 aromatic rings. The van der Waals surface area contributed by atoms with Gasteiger partial charge in [-0.3, -0.25) is 9.59 Å². The van der Waals surface area contributed by atoms with Crippen LogP contribution in [-0.4, -0.2) is 41.6 Å². The van der Waals surface area contributed by atoms with Gasteiger partial charge in [-0.2, -0.15) is 0 Å². The average molecular weight is 260 g/mol. The molecule has 0 aliphatic carbocycles. The molecule has 0 rings (SSSR count). The molecule has 0 radical (unpaired) electrons. The zero-order chi connectivity index (χ0) is 14.3. The molecule has 0 saturated carbocycles.